The SMILES string of the molecule is COC(=O)c1ccc2c(c1)nc(-c1ccn[nH]1)n2C. The number of nitrogens with zero attached hydrogens (tertiary/aromatic N) is 3. The van der Waals surface area contributed by atoms with Crippen molar-refractivity contribution in [2.24, 2.45) is 7.05 Å². The molecule has 1 N–H and O–H groups in total. The summed E-state index contributed by atoms with van der Waals surface area (Å²) < 4.78 is 6.65. The Morgan fingerprint density at radius 1 is 1.37 bits per heavy atom. The van der Waals surface area contributed by atoms with E-state index in [2.05, 4.69) is 15.2 Å². The molecule has 0 aliphatic heterocycles. The molecule has 0 aliphatic rings. The summed E-state index contributed by atoms with van der Waals surface area (Å²) >= 11 is 0. The number of benzene rings is 1. The van der Waals surface area contributed by atoms with E-state index in [0.717, 1.165) is 22.6 Å². The number of aromatic amines is 1. The van der Waals surface area contributed by atoms with Crippen LogP contribution in [0, 0.1) is 0 Å². The predicted octanol–water partition coefficient (Wildman–Crippen LogP) is 1.75. The number of methoxy groups -OCH3 is 1. The number of fused-ring (bicyclic) bond motifs is 1. The van der Waals surface area contributed by atoms with E-state index in [0.29, 0.717) is 5.56 Å². The number of imidazole rings is 1. The van der Waals surface area contributed by atoms with Crippen molar-refractivity contribution in [1.82, 2.24) is 19.7 Å². The molecular weight excluding hydrogens is 244 g/mol. The molecule has 0 amide bonds. The number of ether oxygens (including phenoxy) is 1. The average molecular weight is 256 g/mol. The van der Waals surface area contributed by atoms with Crippen molar-refractivity contribution in [2.45, 2.75) is 0 Å². The summed E-state index contributed by atoms with van der Waals surface area (Å²) in [5, 5.41) is 6.80. The van der Waals surface area contributed by atoms with Gasteiger partial charge in [0.05, 0.1) is 23.7 Å². The lowest BCUT2D eigenvalue weighted by Gasteiger charge is -2.00. The van der Waals surface area contributed by atoms with Gasteiger partial charge in [0.2, 0.25) is 0 Å². The van der Waals surface area contributed by atoms with Crippen molar-refractivity contribution in [2.75, 3.05) is 7.11 Å². The Balaban J connectivity index is 2.18. The molecule has 96 valence electrons. The fraction of sp³-hybridized carbons (Fsp3) is 0.154. The molecule has 0 saturated heterocycles. The van der Waals surface area contributed by atoms with Gasteiger partial charge in [0, 0.05) is 13.2 Å². The molecule has 0 fully saturated rings. The van der Waals surface area contributed by atoms with Gasteiger partial charge in [0.25, 0.3) is 0 Å². The lowest BCUT2D eigenvalue weighted by molar-refractivity contribution is 0.0601. The lowest BCUT2D eigenvalue weighted by atomic mass is 10.2. The van der Waals surface area contributed by atoms with Crippen molar-refractivity contribution in [1.29, 1.82) is 0 Å². The van der Waals surface area contributed by atoms with Crippen LogP contribution >= 0.6 is 0 Å². The number of carbonyl (C=O) groups excluding carboxylic acids is 1. The normalized spacial score (nSPS) is 10.8. The number of aryl methyl sites for hydroxylation is 1. The average Bonchev–Trinajstić information content (AvgIpc) is 3.05. The quantitative estimate of drug-likeness (QED) is 0.709. The number of aromatic nitrogens is 4. The summed E-state index contributed by atoms with van der Waals surface area (Å²) in [5.41, 5.74) is 3.01. The molecule has 0 spiro atoms. The first kappa shape index (κ1) is 11.5. The van der Waals surface area contributed by atoms with Crippen LogP contribution in [-0.2, 0) is 11.8 Å². The van der Waals surface area contributed by atoms with E-state index in [-0.39, 0.29) is 5.97 Å². The summed E-state index contributed by atoms with van der Waals surface area (Å²) in [6.45, 7) is 0. The Morgan fingerprint density at radius 2 is 2.21 bits per heavy atom. The number of esters is 1. The van der Waals surface area contributed by atoms with Gasteiger partial charge in [-0.2, -0.15) is 5.10 Å². The lowest BCUT2D eigenvalue weighted by Crippen LogP contribution is -2.00. The predicted molar refractivity (Wildman–Crippen MR) is 69.6 cm³/mol. The van der Waals surface area contributed by atoms with Crippen molar-refractivity contribution >= 4 is 17.0 Å². The number of hydrogen-bond donors (Lipinski definition) is 1. The first-order valence-electron chi connectivity index (χ1n) is 5.75. The highest BCUT2D eigenvalue weighted by Crippen LogP contribution is 2.22. The number of rotatable bonds is 2. The Bertz CT molecular complexity index is 743. The molecule has 3 rings (SSSR count). The number of H-pyrrole nitrogens is 1. The Hall–Kier alpha value is -2.63. The molecule has 19 heavy (non-hydrogen) atoms. The Labute approximate surface area is 109 Å². The number of carbonyl (C=O) groups is 1. The van der Waals surface area contributed by atoms with E-state index in [1.54, 1.807) is 18.3 Å². The second-order valence-electron chi connectivity index (χ2n) is 4.16. The van der Waals surface area contributed by atoms with Crippen LogP contribution in [0.15, 0.2) is 30.5 Å². The molecule has 3 aromatic rings. The molecule has 0 saturated carbocycles. The van der Waals surface area contributed by atoms with E-state index >= 15 is 0 Å². The first-order valence-corrected chi connectivity index (χ1v) is 5.75. The topological polar surface area (TPSA) is 72.8 Å². The van der Waals surface area contributed by atoms with Gasteiger partial charge in [-0.15, -0.1) is 0 Å². The van der Waals surface area contributed by atoms with E-state index in [1.165, 1.54) is 7.11 Å². The third-order valence-corrected chi connectivity index (χ3v) is 3.04. The molecule has 2 heterocycles. The molecule has 0 atom stereocenters. The highest BCUT2D eigenvalue weighted by atomic mass is 16.5. The second-order valence-corrected chi connectivity index (χ2v) is 4.16. The van der Waals surface area contributed by atoms with Crippen LogP contribution in [0.25, 0.3) is 22.6 Å². The Kier molecular flexibility index (Phi) is 2.56. The van der Waals surface area contributed by atoms with Crippen LogP contribution < -0.4 is 0 Å². The second kappa shape index (κ2) is 4.24. The van der Waals surface area contributed by atoms with Gasteiger partial charge < -0.3 is 9.30 Å². The van der Waals surface area contributed by atoms with Gasteiger partial charge in [0.1, 0.15) is 5.69 Å². The molecule has 1 aromatic carbocycles. The van der Waals surface area contributed by atoms with Gasteiger partial charge >= 0.3 is 5.97 Å². The largest absolute Gasteiger partial charge is 0.465 e. The monoisotopic (exact) mass is 256 g/mol. The minimum atomic E-state index is -0.365. The van der Waals surface area contributed by atoms with Crippen molar-refractivity contribution in [3.05, 3.63) is 36.0 Å². The maximum atomic E-state index is 11.5. The van der Waals surface area contributed by atoms with Crippen LogP contribution in [0.4, 0.5) is 0 Å². The van der Waals surface area contributed by atoms with Gasteiger partial charge in [-0.05, 0) is 24.3 Å². The molecule has 0 aliphatic carbocycles. The van der Waals surface area contributed by atoms with Crippen LogP contribution in [0.5, 0.6) is 0 Å². The molecule has 2 aromatic heterocycles. The summed E-state index contributed by atoms with van der Waals surface area (Å²) in [5.74, 6) is 0.408. The first-order chi connectivity index (χ1) is 9.20. The van der Waals surface area contributed by atoms with Gasteiger partial charge in [0.15, 0.2) is 5.82 Å². The zero-order valence-corrected chi connectivity index (χ0v) is 10.5. The van der Waals surface area contributed by atoms with E-state index < -0.39 is 0 Å². The van der Waals surface area contributed by atoms with Crippen LogP contribution in [-0.4, -0.2) is 32.8 Å². The minimum absolute atomic E-state index is 0.365. The Morgan fingerprint density at radius 3 is 2.89 bits per heavy atom. The highest BCUT2D eigenvalue weighted by molar-refractivity contribution is 5.94. The maximum absolute atomic E-state index is 11.5. The van der Waals surface area contributed by atoms with E-state index in [1.807, 2.05) is 23.7 Å². The molecular formula is C13H12N4O2. The van der Waals surface area contributed by atoms with Crippen LogP contribution in [0.2, 0.25) is 0 Å². The van der Waals surface area contributed by atoms with Crippen molar-refractivity contribution < 1.29 is 9.53 Å². The molecule has 0 bridgehead atoms. The standard InChI is InChI=1S/C13H12N4O2/c1-17-11-4-3-8(13(18)19-2)7-10(11)15-12(17)9-5-6-14-16-9/h3-7H,1-2H3,(H,14,16). The van der Waals surface area contributed by atoms with Crippen molar-refractivity contribution in [3.8, 4) is 11.5 Å². The van der Waals surface area contributed by atoms with E-state index in [4.69, 9.17) is 4.74 Å². The molecule has 6 nitrogen and oxygen atoms in total. The van der Waals surface area contributed by atoms with E-state index in [9.17, 15) is 4.79 Å². The van der Waals surface area contributed by atoms with Gasteiger partial charge in [-0.3, -0.25) is 5.10 Å². The highest BCUT2D eigenvalue weighted by Gasteiger charge is 2.13. The van der Waals surface area contributed by atoms with Gasteiger partial charge in [-0.25, -0.2) is 9.78 Å². The summed E-state index contributed by atoms with van der Waals surface area (Å²) in [6, 6.07) is 7.16. The minimum Gasteiger partial charge on any atom is -0.465 e. The van der Waals surface area contributed by atoms with Crippen molar-refractivity contribution in [3.63, 3.8) is 0 Å². The number of hydrogen-bond acceptors (Lipinski definition) is 4. The fourth-order valence-corrected chi connectivity index (χ4v) is 2.07. The maximum Gasteiger partial charge on any atom is 0.337 e. The smallest absolute Gasteiger partial charge is 0.337 e. The zero-order valence-electron chi connectivity index (χ0n) is 10.5. The molecule has 0 unspecified atom stereocenters. The number of nitrogens with one attached hydrogen (secondary N) is 1. The summed E-state index contributed by atoms with van der Waals surface area (Å²) in [4.78, 5) is 16.0. The van der Waals surface area contributed by atoms with Crippen LogP contribution in [0.1, 0.15) is 10.4 Å². The van der Waals surface area contributed by atoms with Gasteiger partial charge in [-0.1, -0.05) is 0 Å². The summed E-state index contributed by atoms with van der Waals surface area (Å²) in [7, 11) is 3.28. The third kappa shape index (κ3) is 1.77. The molecule has 0 radical (unpaired) electrons. The fourth-order valence-electron chi connectivity index (χ4n) is 2.07. The molecule has 6 heteroatoms. The van der Waals surface area contributed by atoms with Crippen LogP contribution in [0.3, 0.4) is 0 Å². The third-order valence-electron chi connectivity index (χ3n) is 3.04. The zero-order chi connectivity index (χ0) is 13.4. The summed E-state index contributed by atoms with van der Waals surface area (Å²) in [6.07, 6.45) is 1.68.